The smallest absolute Gasteiger partial charge is 0.261 e. The van der Waals surface area contributed by atoms with Crippen LogP contribution in [0.4, 0.5) is 11.4 Å². The number of carbonyl (C=O) groups excluding carboxylic acids is 1. The number of nitrogens with one attached hydrogen (secondary N) is 1. The molecule has 0 atom stereocenters. The molecular formula is C19H20N2O4S. The van der Waals surface area contributed by atoms with E-state index in [4.69, 9.17) is 4.74 Å². The van der Waals surface area contributed by atoms with Gasteiger partial charge in [0.05, 0.1) is 23.6 Å². The second-order valence-electron chi connectivity index (χ2n) is 6.48. The molecule has 6 nitrogen and oxygen atoms in total. The van der Waals surface area contributed by atoms with Crippen molar-refractivity contribution >= 4 is 27.3 Å². The average molecular weight is 372 g/mol. The average Bonchev–Trinajstić information content (AvgIpc) is 2.94. The monoisotopic (exact) mass is 372 g/mol. The third kappa shape index (κ3) is 2.92. The Morgan fingerprint density at radius 1 is 1.15 bits per heavy atom. The van der Waals surface area contributed by atoms with Crippen molar-refractivity contribution in [3.8, 4) is 5.75 Å². The van der Waals surface area contributed by atoms with E-state index in [0.717, 1.165) is 36.2 Å². The maximum absolute atomic E-state index is 12.8. The zero-order valence-corrected chi connectivity index (χ0v) is 15.3. The fourth-order valence-electron chi connectivity index (χ4n) is 3.60. The van der Waals surface area contributed by atoms with Crippen LogP contribution in [0.5, 0.6) is 5.75 Å². The maximum atomic E-state index is 12.8. The number of anilines is 2. The summed E-state index contributed by atoms with van der Waals surface area (Å²) in [6.07, 6.45) is 1.92. The molecular weight excluding hydrogens is 352 g/mol. The molecule has 0 saturated heterocycles. The summed E-state index contributed by atoms with van der Waals surface area (Å²) in [5.41, 5.74) is 3.13. The van der Waals surface area contributed by atoms with E-state index < -0.39 is 10.0 Å². The minimum atomic E-state index is -3.72. The van der Waals surface area contributed by atoms with Gasteiger partial charge in [0.2, 0.25) is 5.91 Å². The molecule has 0 radical (unpaired) electrons. The molecule has 1 N–H and O–H groups in total. The number of benzene rings is 2. The summed E-state index contributed by atoms with van der Waals surface area (Å²) in [4.78, 5) is 14.1. The first kappa shape index (κ1) is 16.9. The first-order chi connectivity index (χ1) is 12.5. The van der Waals surface area contributed by atoms with Crippen LogP contribution in [0.25, 0.3) is 0 Å². The van der Waals surface area contributed by atoms with Crippen molar-refractivity contribution in [3.05, 3.63) is 47.5 Å². The number of nitrogens with zero attached hydrogens (tertiary/aromatic N) is 1. The van der Waals surface area contributed by atoms with Gasteiger partial charge in [0.1, 0.15) is 5.75 Å². The van der Waals surface area contributed by atoms with E-state index in [1.807, 2.05) is 6.92 Å². The highest BCUT2D eigenvalue weighted by Crippen LogP contribution is 2.38. The molecule has 0 spiro atoms. The van der Waals surface area contributed by atoms with E-state index in [0.29, 0.717) is 18.0 Å². The van der Waals surface area contributed by atoms with E-state index in [2.05, 4.69) is 4.72 Å². The number of rotatable bonds is 5. The molecule has 26 heavy (non-hydrogen) atoms. The lowest BCUT2D eigenvalue weighted by atomic mass is 10.0. The van der Waals surface area contributed by atoms with Gasteiger partial charge in [-0.25, -0.2) is 8.42 Å². The molecule has 7 heteroatoms. The lowest BCUT2D eigenvalue weighted by Gasteiger charge is -2.26. The Labute approximate surface area is 152 Å². The Balaban J connectivity index is 1.65. The number of amides is 1. The molecule has 2 aliphatic heterocycles. The van der Waals surface area contributed by atoms with Gasteiger partial charge in [-0.1, -0.05) is 0 Å². The predicted octanol–water partition coefficient (Wildman–Crippen LogP) is 2.72. The Morgan fingerprint density at radius 3 is 2.62 bits per heavy atom. The number of hydrogen-bond acceptors (Lipinski definition) is 4. The van der Waals surface area contributed by atoms with Crippen LogP contribution in [-0.2, 0) is 27.7 Å². The second-order valence-corrected chi connectivity index (χ2v) is 8.16. The van der Waals surface area contributed by atoms with E-state index in [1.165, 1.54) is 0 Å². The van der Waals surface area contributed by atoms with E-state index in [-0.39, 0.29) is 17.2 Å². The lowest BCUT2D eigenvalue weighted by molar-refractivity contribution is -0.117. The van der Waals surface area contributed by atoms with Gasteiger partial charge < -0.3 is 9.64 Å². The molecule has 0 bridgehead atoms. The third-order valence-corrected chi connectivity index (χ3v) is 6.07. The first-order valence-corrected chi connectivity index (χ1v) is 10.2. The zero-order chi connectivity index (χ0) is 18.3. The number of sulfonamides is 1. The first-order valence-electron chi connectivity index (χ1n) is 8.70. The molecule has 4 rings (SSSR count). The SMILES string of the molecule is CCOc1ccc(NS(=O)(=O)c2cc3c4c(c2)CC(=O)N4CCC3)cc1. The summed E-state index contributed by atoms with van der Waals surface area (Å²) in [6.45, 7) is 3.16. The minimum Gasteiger partial charge on any atom is -0.494 e. The molecule has 2 aromatic rings. The molecule has 136 valence electrons. The van der Waals surface area contributed by atoms with Gasteiger partial charge >= 0.3 is 0 Å². The van der Waals surface area contributed by atoms with E-state index >= 15 is 0 Å². The molecule has 2 heterocycles. The van der Waals surface area contributed by atoms with E-state index in [9.17, 15) is 13.2 Å². The van der Waals surface area contributed by atoms with Gasteiger partial charge in [0.15, 0.2) is 0 Å². The van der Waals surface area contributed by atoms with Gasteiger partial charge in [-0.05, 0) is 67.3 Å². The summed E-state index contributed by atoms with van der Waals surface area (Å²) in [6, 6.07) is 10.1. The molecule has 2 aromatic carbocycles. The Hall–Kier alpha value is -2.54. The molecule has 0 aromatic heterocycles. The van der Waals surface area contributed by atoms with Gasteiger partial charge in [-0.15, -0.1) is 0 Å². The zero-order valence-electron chi connectivity index (χ0n) is 14.5. The van der Waals surface area contributed by atoms with Gasteiger partial charge in [-0.3, -0.25) is 9.52 Å². The van der Waals surface area contributed by atoms with Crippen LogP contribution in [0, 0.1) is 0 Å². The molecule has 0 saturated carbocycles. The van der Waals surface area contributed by atoms with Crippen LogP contribution in [0.2, 0.25) is 0 Å². The van der Waals surface area contributed by atoms with Crippen LogP contribution >= 0.6 is 0 Å². The molecule has 0 fully saturated rings. The highest BCUT2D eigenvalue weighted by molar-refractivity contribution is 7.92. The number of aryl methyl sites for hydroxylation is 1. The van der Waals surface area contributed by atoms with Crippen molar-refractivity contribution < 1.29 is 17.9 Å². The second kappa shape index (κ2) is 6.32. The van der Waals surface area contributed by atoms with Crippen LogP contribution in [0.15, 0.2) is 41.3 Å². The molecule has 1 amide bonds. The van der Waals surface area contributed by atoms with Crippen molar-refractivity contribution in [2.75, 3.05) is 22.8 Å². The largest absolute Gasteiger partial charge is 0.494 e. The van der Waals surface area contributed by atoms with Gasteiger partial charge in [-0.2, -0.15) is 0 Å². The Morgan fingerprint density at radius 2 is 1.88 bits per heavy atom. The van der Waals surface area contributed by atoms with E-state index in [1.54, 1.807) is 41.3 Å². The van der Waals surface area contributed by atoms with Gasteiger partial charge in [0.25, 0.3) is 10.0 Å². The van der Waals surface area contributed by atoms with Crippen LogP contribution in [0.1, 0.15) is 24.5 Å². The standard InChI is InChI=1S/C19H20N2O4S/c1-2-25-16-7-5-15(6-8-16)20-26(23,24)17-10-13-4-3-9-21-18(22)12-14(11-17)19(13)21/h5-8,10-11,20H,2-4,9,12H2,1H3. The third-order valence-electron chi connectivity index (χ3n) is 4.71. The van der Waals surface area contributed by atoms with Crippen LogP contribution < -0.4 is 14.4 Å². The number of carbonyl (C=O) groups is 1. The van der Waals surface area contributed by atoms with Crippen LogP contribution in [0.3, 0.4) is 0 Å². The van der Waals surface area contributed by atoms with Crippen molar-refractivity contribution in [3.63, 3.8) is 0 Å². The lowest BCUT2D eigenvalue weighted by Crippen LogP contribution is -2.31. The topological polar surface area (TPSA) is 75.7 Å². The number of ether oxygens (including phenoxy) is 1. The van der Waals surface area contributed by atoms with Crippen molar-refractivity contribution in [2.45, 2.75) is 31.1 Å². The molecule has 0 aliphatic carbocycles. The van der Waals surface area contributed by atoms with Gasteiger partial charge in [0, 0.05) is 12.2 Å². The summed E-state index contributed by atoms with van der Waals surface area (Å²) in [7, 11) is -3.72. The predicted molar refractivity (Wildman–Crippen MR) is 99.2 cm³/mol. The summed E-state index contributed by atoms with van der Waals surface area (Å²) in [5.74, 6) is 0.742. The Bertz CT molecular complexity index is 968. The van der Waals surface area contributed by atoms with Crippen molar-refractivity contribution in [2.24, 2.45) is 0 Å². The highest BCUT2D eigenvalue weighted by Gasteiger charge is 2.33. The minimum absolute atomic E-state index is 0.0509. The quantitative estimate of drug-likeness (QED) is 0.876. The van der Waals surface area contributed by atoms with Crippen molar-refractivity contribution in [1.82, 2.24) is 0 Å². The summed E-state index contributed by atoms with van der Waals surface area (Å²) in [5, 5.41) is 0. The normalized spacial score (nSPS) is 15.7. The Kier molecular flexibility index (Phi) is 4.11. The summed E-state index contributed by atoms with van der Waals surface area (Å²) >= 11 is 0. The van der Waals surface area contributed by atoms with Crippen LogP contribution in [-0.4, -0.2) is 27.5 Å². The fourth-order valence-corrected chi connectivity index (χ4v) is 4.76. The fraction of sp³-hybridized carbons (Fsp3) is 0.316. The molecule has 0 unspecified atom stereocenters. The summed E-state index contributed by atoms with van der Waals surface area (Å²) < 4.78 is 33.6. The van der Waals surface area contributed by atoms with Crippen molar-refractivity contribution in [1.29, 1.82) is 0 Å². The highest BCUT2D eigenvalue weighted by atomic mass is 32.2. The maximum Gasteiger partial charge on any atom is 0.261 e. The molecule has 2 aliphatic rings. The number of hydrogen-bond donors (Lipinski definition) is 1.